The standard InChI is InChI=1S/C14H15N3O/c1-9-13(8-18)16-14(17(9)2)11-7-15-12-6-4-3-5-10(11)12/h3-7,15,18H,8H2,1-2H3. The lowest BCUT2D eigenvalue weighted by Crippen LogP contribution is -1.94. The monoisotopic (exact) mass is 241 g/mol. The summed E-state index contributed by atoms with van der Waals surface area (Å²) in [6.07, 6.45) is 1.97. The number of imidazole rings is 1. The molecule has 0 saturated heterocycles. The van der Waals surface area contributed by atoms with Crippen molar-refractivity contribution in [2.45, 2.75) is 13.5 Å². The molecule has 2 heterocycles. The number of nitrogens with one attached hydrogen (secondary N) is 1. The van der Waals surface area contributed by atoms with Gasteiger partial charge in [0, 0.05) is 35.4 Å². The zero-order valence-corrected chi connectivity index (χ0v) is 10.4. The minimum absolute atomic E-state index is 0.0258. The summed E-state index contributed by atoms with van der Waals surface area (Å²) in [5.41, 5.74) is 3.89. The molecular weight excluding hydrogens is 226 g/mol. The Morgan fingerprint density at radius 1 is 1.33 bits per heavy atom. The van der Waals surface area contributed by atoms with E-state index >= 15 is 0 Å². The Hall–Kier alpha value is -2.07. The van der Waals surface area contributed by atoms with Crippen molar-refractivity contribution in [3.63, 3.8) is 0 Å². The summed E-state index contributed by atoms with van der Waals surface area (Å²) in [5, 5.41) is 10.4. The highest BCUT2D eigenvalue weighted by Crippen LogP contribution is 2.28. The van der Waals surface area contributed by atoms with Gasteiger partial charge in [0.25, 0.3) is 0 Å². The highest BCUT2D eigenvalue weighted by Gasteiger charge is 2.14. The third kappa shape index (κ3) is 1.46. The number of aromatic nitrogens is 3. The predicted molar refractivity (Wildman–Crippen MR) is 71.2 cm³/mol. The highest BCUT2D eigenvalue weighted by atomic mass is 16.3. The van der Waals surface area contributed by atoms with Gasteiger partial charge in [0.15, 0.2) is 0 Å². The first-order chi connectivity index (χ1) is 8.72. The van der Waals surface area contributed by atoms with E-state index in [2.05, 4.69) is 16.0 Å². The Morgan fingerprint density at radius 3 is 2.83 bits per heavy atom. The first-order valence-electron chi connectivity index (χ1n) is 5.92. The van der Waals surface area contributed by atoms with Gasteiger partial charge in [0.1, 0.15) is 5.82 Å². The summed E-state index contributed by atoms with van der Waals surface area (Å²) < 4.78 is 2.02. The molecule has 3 aromatic rings. The van der Waals surface area contributed by atoms with Gasteiger partial charge in [0.05, 0.1) is 12.3 Å². The lowest BCUT2D eigenvalue weighted by molar-refractivity contribution is 0.276. The second-order valence-corrected chi connectivity index (χ2v) is 4.43. The molecule has 2 N–H and O–H groups in total. The van der Waals surface area contributed by atoms with E-state index in [1.165, 1.54) is 0 Å². The predicted octanol–water partition coefficient (Wildman–Crippen LogP) is 2.37. The van der Waals surface area contributed by atoms with Crippen molar-refractivity contribution < 1.29 is 5.11 Å². The Kier molecular flexibility index (Phi) is 2.45. The fourth-order valence-electron chi connectivity index (χ4n) is 2.28. The first-order valence-corrected chi connectivity index (χ1v) is 5.92. The number of fused-ring (bicyclic) bond motifs is 1. The Labute approximate surface area is 105 Å². The number of para-hydroxylation sites is 1. The molecule has 0 bridgehead atoms. The van der Waals surface area contributed by atoms with Crippen LogP contribution in [0, 0.1) is 6.92 Å². The van der Waals surface area contributed by atoms with E-state index in [0.717, 1.165) is 33.7 Å². The molecule has 0 aliphatic carbocycles. The van der Waals surface area contributed by atoms with Gasteiger partial charge in [-0.1, -0.05) is 18.2 Å². The molecule has 0 fully saturated rings. The minimum Gasteiger partial charge on any atom is -0.390 e. The van der Waals surface area contributed by atoms with Crippen molar-refractivity contribution in [2.24, 2.45) is 7.05 Å². The summed E-state index contributed by atoms with van der Waals surface area (Å²) >= 11 is 0. The van der Waals surface area contributed by atoms with Crippen LogP contribution in [0.4, 0.5) is 0 Å². The van der Waals surface area contributed by atoms with Gasteiger partial charge < -0.3 is 14.7 Å². The van der Waals surface area contributed by atoms with Crippen LogP contribution in [0.5, 0.6) is 0 Å². The number of aliphatic hydroxyl groups excluding tert-OH is 1. The van der Waals surface area contributed by atoms with E-state index in [9.17, 15) is 5.11 Å². The van der Waals surface area contributed by atoms with Gasteiger partial charge >= 0.3 is 0 Å². The van der Waals surface area contributed by atoms with E-state index in [-0.39, 0.29) is 6.61 Å². The fourth-order valence-corrected chi connectivity index (χ4v) is 2.28. The molecule has 4 heteroatoms. The molecule has 0 atom stereocenters. The van der Waals surface area contributed by atoms with Gasteiger partial charge in [-0.05, 0) is 13.0 Å². The van der Waals surface area contributed by atoms with Crippen molar-refractivity contribution in [3.05, 3.63) is 41.9 Å². The van der Waals surface area contributed by atoms with Crippen LogP contribution >= 0.6 is 0 Å². The van der Waals surface area contributed by atoms with Crippen LogP contribution in [0.15, 0.2) is 30.5 Å². The molecule has 0 aliphatic heterocycles. The second-order valence-electron chi connectivity index (χ2n) is 4.43. The van der Waals surface area contributed by atoms with Crippen molar-refractivity contribution >= 4 is 10.9 Å². The molecule has 0 spiro atoms. The van der Waals surface area contributed by atoms with Crippen molar-refractivity contribution in [1.29, 1.82) is 0 Å². The SMILES string of the molecule is Cc1c(CO)nc(-c2c[nH]c3ccccc23)n1C. The number of nitrogens with zero attached hydrogens (tertiary/aromatic N) is 2. The molecule has 4 nitrogen and oxygen atoms in total. The minimum atomic E-state index is -0.0258. The second kappa shape index (κ2) is 3.99. The first kappa shape index (κ1) is 11.0. The summed E-state index contributed by atoms with van der Waals surface area (Å²) in [6, 6.07) is 8.14. The van der Waals surface area contributed by atoms with E-state index in [4.69, 9.17) is 0 Å². The Bertz CT molecular complexity index is 709. The van der Waals surface area contributed by atoms with E-state index < -0.39 is 0 Å². The van der Waals surface area contributed by atoms with Crippen molar-refractivity contribution in [1.82, 2.24) is 14.5 Å². The highest BCUT2D eigenvalue weighted by molar-refractivity contribution is 5.93. The molecule has 2 aromatic heterocycles. The van der Waals surface area contributed by atoms with E-state index in [1.54, 1.807) is 0 Å². The zero-order chi connectivity index (χ0) is 12.7. The van der Waals surface area contributed by atoms with Gasteiger partial charge in [-0.25, -0.2) is 4.98 Å². The average molecular weight is 241 g/mol. The van der Waals surface area contributed by atoms with Crippen LogP contribution < -0.4 is 0 Å². The normalized spacial score (nSPS) is 11.3. The third-order valence-corrected chi connectivity index (χ3v) is 3.46. The van der Waals surface area contributed by atoms with Gasteiger partial charge in [-0.15, -0.1) is 0 Å². The van der Waals surface area contributed by atoms with Crippen LogP contribution in [-0.2, 0) is 13.7 Å². The maximum absolute atomic E-state index is 9.28. The van der Waals surface area contributed by atoms with Crippen LogP contribution in [0.3, 0.4) is 0 Å². The molecule has 92 valence electrons. The summed E-state index contributed by atoms with van der Waals surface area (Å²) in [5.74, 6) is 0.883. The topological polar surface area (TPSA) is 53.8 Å². The summed E-state index contributed by atoms with van der Waals surface area (Å²) in [4.78, 5) is 7.76. The van der Waals surface area contributed by atoms with Crippen LogP contribution in [0.1, 0.15) is 11.4 Å². The number of hydrogen-bond donors (Lipinski definition) is 2. The number of rotatable bonds is 2. The lowest BCUT2D eigenvalue weighted by atomic mass is 10.1. The maximum Gasteiger partial charge on any atom is 0.142 e. The average Bonchev–Trinajstić information content (AvgIpc) is 2.93. The number of aliphatic hydroxyl groups is 1. The Morgan fingerprint density at radius 2 is 2.11 bits per heavy atom. The van der Waals surface area contributed by atoms with Crippen molar-refractivity contribution in [2.75, 3.05) is 0 Å². The van der Waals surface area contributed by atoms with Crippen LogP contribution in [-0.4, -0.2) is 19.6 Å². The third-order valence-electron chi connectivity index (χ3n) is 3.46. The number of aromatic amines is 1. The largest absolute Gasteiger partial charge is 0.390 e. The van der Waals surface area contributed by atoms with Gasteiger partial charge in [0.2, 0.25) is 0 Å². The molecule has 3 rings (SSSR count). The molecule has 0 unspecified atom stereocenters. The van der Waals surface area contributed by atoms with Crippen LogP contribution in [0.25, 0.3) is 22.3 Å². The summed E-state index contributed by atoms with van der Waals surface area (Å²) in [6.45, 7) is 1.94. The maximum atomic E-state index is 9.28. The smallest absolute Gasteiger partial charge is 0.142 e. The van der Waals surface area contributed by atoms with Gasteiger partial charge in [-0.2, -0.15) is 0 Å². The molecule has 1 aromatic carbocycles. The molecule has 0 saturated carbocycles. The molecular formula is C14H15N3O. The zero-order valence-electron chi connectivity index (χ0n) is 10.4. The van der Waals surface area contributed by atoms with Gasteiger partial charge in [-0.3, -0.25) is 0 Å². The van der Waals surface area contributed by atoms with E-state index in [1.807, 2.05) is 42.9 Å². The number of hydrogen-bond acceptors (Lipinski definition) is 2. The molecule has 0 amide bonds. The van der Waals surface area contributed by atoms with E-state index in [0.29, 0.717) is 0 Å². The summed E-state index contributed by atoms with van der Waals surface area (Å²) in [7, 11) is 1.97. The molecule has 0 radical (unpaired) electrons. The quantitative estimate of drug-likeness (QED) is 0.723. The lowest BCUT2D eigenvalue weighted by Gasteiger charge is -2.01. The number of H-pyrrole nitrogens is 1. The number of benzene rings is 1. The van der Waals surface area contributed by atoms with Crippen molar-refractivity contribution in [3.8, 4) is 11.4 Å². The van der Waals surface area contributed by atoms with Crippen LogP contribution in [0.2, 0.25) is 0 Å². The fraction of sp³-hybridized carbons (Fsp3) is 0.214. The Balaban J connectivity index is 2.26. The molecule has 0 aliphatic rings. The molecule has 18 heavy (non-hydrogen) atoms.